The van der Waals surface area contributed by atoms with Gasteiger partial charge in [-0.15, -0.1) is 0 Å². The van der Waals surface area contributed by atoms with Crippen molar-refractivity contribution >= 4 is 5.97 Å². The predicted octanol–water partition coefficient (Wildman–Crippen LogP) is 9.79. The Balaban J connectivity index is 2.97. The summed E-state index contributed by atoms with van der Waals surface area (Å²) in [6.45, 7) is 27.8. The van der Waals surface area contributed by atoms with Crippen LogP contribution < -0.4 is 4.74 Å². The lowest BCUT2D eigenvalue weighted by molar-refractivity contribution is -0.129. The third kappa shape index (κ3) is 6.71. The second kappa shape index (κ2) is 12.1. The maximum absolute atomic E-state index is 12.6. The molecule has 0 heterocycles. The molecule has 1 atom stereocenters. The Hall–Kier alpha value is -2.55. The monoisotopic (exact) mass is 520 g/mol. The average molecular weight is 521 g/mol. The smallest absolute Gasteiger partial charge is 0.335 e. The van der Waals surface area contributed by atoms with Crippen LogP contribution in [0.25, 0.3) is 0 Å². The number of phenolic OH excluding ortho intramolecular Hbond substituents is 1. The van der Waals surface area contributed by atoms with E-state index in [0.29, 0.717) is 11.5 Å². The highest BCUT2D eigenvalue weighted by Crippen LogP contribution is 2.47. The number of esters is 1. The molecule has 0 amide bonds. The minimum absolute atomic E-state index is 0.0137. The summed E-state index contributed by atoms with van der Waals surface area (Å²) in [6.07, 6.45) is 6.38. The van der Waals surface area contributed by atoms with Crippen LogP contribution in [0, 0.1) is 6.92 Å². The third-order valence-corrected chi connectivity index (χ3v) is 8.68. The van der Waals surface area contributed by atoms with Crippen molar-refractivity contribution in [1.29, 1.82) is 0 Å². The minimum atomic E-state index is -0.467. The Labute approximate surface area is 232 Å². The normalized spacial score (nSPS) is 13.3. The summed E-state index contributed by atoms with van der Waals surface area (Å²) in [4.78, 5) is 12.6. The Morgan fingerprint density at radius 2 is 1.39 bits per heavy atom. The Morgan fingerprint density at radius 1 is 0.895 bits per heavy atom. The number of ether oxygens (including phenoxy) is 1. The van der Waals surface area contributed by atoms with Crippen LogP contribution in [0.15, 0.2) is 36.9 Å². The molecule has 0 spiro atoms. The molecule has 1 N–H and O–H groups in total. The number of aryl methyl sites for hydroxylation is 1. The quantitative estimate of drug-likeness (QED) is 0.172. The summed E-state index contributed by atoms with van der Waals surface area (Å²) in [5.74, 6) is 0.248. The van der Waals surface area contributed by atoms with Crippen molar-refractivity contribution in [3.63, 3.8) is 0 Å². The van der Waals surface area contributed by atoms with Gasteiger partial charge in [0.1, 0.15) is 11.5 Å². The van der Waals surface area contributed by atoms with Gasteiger partial charge in [0, 0.05) is 28.7 Å². The molecule has 2 rings (SSSR count). The van der Waals surface area contributed by atoms with Gasteiger partial charge in [-0.1, -0.05) is 113 Å². The summed E-state index contributed by atoms with van der Waals surface area (Å²) in [7, 11) is 0. The van der Waals surface area contributed by atoms with Crippen LogP contribution in [0.4, 0.5) is 0 Å². The van der Waals surface area contributed by atoms with E-state index < -0.39 is 5.97 Å². The van der Waals surface area contributed by atoms with Crippen molar-refractivity contribution in [3.8, 4) is 11.5 Å². The fourth-order valence-electron chi connectivity index (χ4n) is 5.55. The zero-order valence-corrected chi connectivity index (χ0v) is 26.0. The van der Waals surface area contributed by atoms with Gasteiger partial charge in [-0.05, 0) is 59.1 Å². The molecule has 0 aliphatic rings. The van der Waals surface area contributed by atoms with Gasteiger partial charge in [0.2, 0.25) is 0 Å². The lowest BCUT2D eigenvalue weighted by atomic mass is 9.72. The molecule has 3 nitrogen and oxygen atoms in total. The van der Waals surface area contributed by atoms with Crippen LogP contribution in [0.5, 0.6) is 11.5 Å². The number of rotatable bonds is 12. The summed E-state index contributed by atoms with van der Waals surface area (Å²) in [5.41, 5.74) is 5.86. The van der Waals surface area contributed by atoms with E-state index in [0.717, 1.165) is 54.4 Å². The summed E-state index contributed by atoms with van der Waals surface area (Å²) in [6, 6.07) is 8.73. The lowest BCUT2D eigenvalue weighted by Crippen LogP contribution is -2.24. The van der Waals surface area contributed by atoms with Gasteiger partial charge in [0.15, 0.2) is 0 Å². The van der Waals surface area contributed by atoms with Crippen LogP contribution in [0.1, 0.15) is 141 Å². The van der Waals surface area contributed by atoms with E-state index in [9.17, 15) is 9.90 Å². The second-order valence-electron chi connectivity index (χ2n) is 13.0. The molecular formula is C35H52O3. The zero-order valence-electron chi connectivity index (χ0n) is 26.0. The molecule has 0 aromatic heterocycles. The summed E-state index contributed by atoms with van der Waals surface area (Å²) < 4.78 is 6.05. The molecule has 210 valence electrons. The molecule has 1 unspecified atom stereocenters. The maximum Gasteiger partial charge on any atom is 0.335 e. The maximum atomic E-state index is 12.6. The van der Waals surface area contributed by atoms with E-state index in [1.165, 1.54) is 17.2 Å². The van der Waals surface area contributed by atoms with E-state index in [1.54, 1.807) is 0 Å². The van der Waals surface area contributed by atoms with Crippen molar-refractivity contribution < 1.29 is 14.6 Å². The van der Waals surface area contributed by atoms with Crippen LogP contribution >= 0.6 is 0 Å². The second-order valence-corrected chi connectivity index (χ2v) is 13.0. The first kappa shape index (κ1) is 31.7. The SMILES string of the molecule is C=CC(=O)Oc1c(C(C)c2cc(C(C)(C)CCC)cc(C)c2O)cc(C(C)(C)CCC)cc1C(C)(C)CC. The summed E-state index contributed by atoms with van der Waals surface area (Å²) in [5, 5.41) is 11.3. The molecule has 0 fully saturated rings. The number of benzene rings is 2. The molecule has 0 saturated heterocycles. The lowest BCUT2D eigenvalue weighted by Gasteiger charge is -2.33. The highest BCUT2D eigenvalue weighted by Gasteiger charge is 2.33. The highest BCUT2D eigenvalue weighted by molar-refractivity contribution is 5.84. The Kier molecular flexibility index (Phi) is 10.1. The van der Waals surface area contributed by atoms with Crippen molar-refractivity contribution in [2.24, 2.45) is 0 Å². The largest absolute Gasteiger partial charge is 0.507 e. The van der Waals surface area contributed by atoms with E-state index in [4.69, 9.17) is 4.74 Å². The van der Waals surface area contributed by atoms with Crippen molar-refractivity contribution in [2.75, 3.05) is 0 Å². The molecule has 2 aromatic carbocycles. The molecule has 0 aliphatic heterocycles. The first-order chi connectivity index (χ1) is 17.6. The van der Waals surface area contributed by atoms with E-state index >= 15 is 0 Å². The van der Waals surface area contributed by atoms with Gasteiger partial charge in [0.25, 0.3) is 0 Å². The molecule has 2 aromatic rings. The first-order valence-electron chi connectivity index (χ1n) is 14.4. The molecule has 0 aliphatic carbocycles. The number of aromatic hydroxyl groups is 1. The average Bonchev–Trinajstić information content (AvgIpc) is 2.84. The number of carbonyl (C=O) groups is 1. The zero-order chi connectivity index (χ0) is 29.1. The van der Waals surface area contributed by atoms with Crippen LogP contribution in [-0.2, 0) is 21.0 Å². The minimum Gasteiger partial charge on any atom is -0.507 e. The van der Waals surface area contributed by atoms with Crippen LogP contribution in [0.3, 0.4) is 0 Å². The Morgan fingerprint density at radius 3 is 1.87 bits per heavy atom. The molecular weight excluding hydrogens is 468 g/mol. The fraction of sp³-hybridized carbons (Fsp3) is 0.571. The number of hydrogen-bond acceptors (Lipinski definition) is 3. The van der Waals surface area contributed by atoms with Crippen LogP contribution in [0.2, 0.25) is 0 Å². The van der Waals surface area contributed by atoms with E-state index in [1.807, 2.05) is 6.92 Å². The van der Waals surface area contributed by atoms with Crippen molar-refractivity contribution in [1.82, 2.24) is 0 Å². The molecule has 3 heteroatoms. The summed E-state index contributed by atoms with van der Waals surface area (Å²) >= 11 is 0. The Bertz CT molecular complexity index is 1150. The van der Waals surface area contributed by atoms with Crippen molar-refractivity contribution in [2.45, 2.75) is 130 Å². The molecule has 0 radical (unpaired) electrons. The standard InChI is InChI=1S/C35H52O3/c1-13-17-34(9,10)25-19-23(5)31(37)27(20-25)24(6)28-21-26(35(11,12)18-14-2)22-29(33(7,8)16-4)32(28)38-30(36)15-3/h15,19-22,24,37H,3,13-14,16-18H2,1-2,4-12H3. The molecule has 38 heavy (non-hydrogen) atoms. The first-order valence-corrected chi connectivity index (χ1v) is 14.4. The number of carbonyl (C=O) groups excluding carboxylic acids is 1. The van der Waals surface area contributed by atoms with E-state index in [-0.39, 0.29) is 22.2 Å². The highest BCUT2D eigenvalue weighted by atomic mass is 16.5. The van der Waals surface area contributed by atoms with Gasteiger partial charge < -0.3 is 9.84 Å². The predicted molar refractivity (Wildman–Crippen MR) is 162 cm³/mol. The van der Waals surface area contributed by atoms with Gasteiger partial charge in [-0.25, -0.2) is 4.79 Å². The third-order valence-electron chi connectivity index (χ3n) is 8.68. The topological polar surface area (TPSA) is 46.5 Å². The van der Waals surface area contributed by atoms with Gasteiger partial charge >= 0.3 is 5.97 Å². The molecule has 0 bridgehead atoms. The van der Waals surface area contributed by atoms with Crippen molar-refractivity contribution in [3.05, 3.63) is 70.3 Å². The molecule has 0 saturated carbocycles. The van der Waals surface area contributed by atoms with E-state index in [2.05, 4.69) is 100 Å². The van der Waals surface area contributed by atoms with Crippen LogP contribution in [-0.4, -0.2) is 11.1 Å². The van der Waals surface area contributed by atoms with Gasteiger partial charge in [-0.3, -0.25) is 0 Å². The number of phenols is 1. The van der Waals surface area contributed by atoms with Gasteiger partial charge in [0.05, 0.1) is 0 Å². The number of hydrogen-bond donors (Lipinski definition) is 1. The van der Waals surface area contributed by atoms with Gasteiger partial charge in [-0.2, -0.15) is 0 Å². The fourth-order valence-corrected chi connectivity index (χ4v) is 5.55.